The van der Waals surface area contributed by atoms with Gasteiger partial charge < -0.3 is 15.4 Å². The van der Waals surface area contributed by atoms with Crippen LogP contribution < -0.4 is 10.6 Å². The van der Waals surface area contributed by atoms with Crippen molar-refractivity contribution in [3.05, 3.63) is 42.1 Å². The van der Waals surface area contributed by atoms with E-state index in [0.29, 0.717) is 23.9 Å². The maximum absolute atomic E-state index is 8.77. The second kappa shape index (κ2) is 7.82. The molecule has 1 heterocycles. The Hall–Kier alpha value is -2.65. The van der Waals surface area contributed by atoms with Crippen LogP contribution in [-0.2, 0) is 4.74 Å². The van der Waals surface area contributed by atoms with Gasteiger partial charge in [-0.25, -0.2) is 4.98 Å². The average molecular weight is 283 g/mol. The quantitative estimate of drug-likeness (QED) is 0.760. The topological polar surface area (TPSA) is 82.9 Å². The van der Waals surface area contributed by atoms with E-state index in [0.717, 1.165) is 18.7 Å². The molecule has 0 aliphatic rings. The van der Waals surface area contributed by atoms with Crippen molar-refractivity contribution >= 4 is 17.5 Å². The summed E-state index contributed by atoms with van der Waals surface area (Å²) in [6, 6.07) is 11.1. The normalized spacial score (nSPS) is 9.90. The second-order valence-electron chi connectivity index (χ2n) is 4.35. The zero-order chi connectivity index (χ0) is 14.9. The zero-order valence-electron chi connectivity index (χ0n) is 11.8. The molecule has 1 aromatic carbocycles. The van der Waals surface area contributed by atoms with Crippen molar-refractivity contribution < 1.29 is 4.74 Å². The summed E-state index contributed by atoms with van der Waals surface area (Å²) in [5.74, 6) is 1.27. The highest BCUT2D eigenvalue weighted by atomic mass is 16.5. The number of benzene rings is 1. The fourth-order valence-corrected chi connectivity index (χ4v) is 1.71. The van der Waals surface area contributed by atoms with E-state index in [2.05, 4.69) is 26.7 Å². The molecule has 6 heteroatoms. The van der Waals surface area contributed by atoms with Gasteiger partial charge in [0.25, 0.3) is 0 Å². The second-order valence-corrected chi connectivity index (χ2v) is 4.35. The van der Waals surface area contributed by atoms with Gasteiger partial charge in [-0.15, -0.1) is 0 Å². The average Bonchev–Trinajstić information content (AvgIpc) is 2.53. The molecule has 2 aromatic rings. The minimum Gasteiger partial charge on any atom is -0.385 e. The molecule has 0 spiro atoms. The van der Waals surface area contributed by atoms with E-state index >= 15 is 0 Å². The molecule has 2 rings (SSSR count). The third kappa shape index (κ3) is 4.75. The van der Waals surface area contributed by atoms with Gasteiger partial charge in [-0.1, -0.05) is 0 Å². The number of ether oxygens (including phenoxy) is 1. The van der Waals surface area contributed by atoms with Crippen LogP contribution in [0.5, 0.6) is 0 Å². The Morgan fingerprint density at radius 1 is 1.24 bits per heavy atom. The molecule has 0 aliphatic carbocycles. The van der Waals surface area contributed by atoms with Crippen LogP contribution in [-0.4, -0.2) is 30.2 Å². The van der Waals surface area contributed by atoms with Gasteiger partial charge in [-0.2, -0.15) is 10.2 Å². The first-order valence-electron chi connectivity index (χ1n) is 6.65. The lowest BCUT2D eigenvalue weighted by Crippen LogP contribution is -2.08. The lowest BCUT2D eigenvalue weighted by atomic mass is 10.2. The Kier molecular flexibility index (Phi) is 5.50. The first kappa shape index (κ1) is 14.8. The summed E-state index contributed by atoms with van der Waals surface area (Å²) in [6.45, 7) is 1.46. The minimum absolute atomic E-state index is 0.574. The van der Waals surface area contributed by atoms with E-state index in [4.69, 9.17) is 10.00 Å². The summed E-state index contributed by atoms with van der Waals surface area (Å²) in [4.78, 5) is 8.53. The van der Waals surface area contributed by atoms with Gasteiger partial charge in [-0.05, 0) is 36.8 Å². The van der Waals surface area contributed by atoms with Crippen LogP contribution in [0.25, 0.3) is 0 Å². The molecular weight excluding hydrogens is 266 g/mol. The number of nitriles is 1. The summed E-state index contributed by atoms with van der Waals surface area (Å²) < 4.78 is 4.99. The number of nitrogens with zero attached hydrogens (tertiary/aromatic N) is 3. The van der Waals surface area contributed by atoms with Gasteiger partial charge >= 0.3 is 0 Å². The number of methoxy groups -OCH3 is 1. The lowest BCUT2D eigenvalue weighted by Gasteiger charge is -2.08. The van der Waals surface area contributed by atoms with Crippen LogP contribution in [0.15, 0.2) is 36.5 Å². The van der Waals surface area contributed by atoms with Crippen LogP contribution >= 0.6 is 0 Å². The Labute approximate surface area is 123 Å². The summed E-state index contributed by atoms with van der Waals surface area (Å²) >= 11 is 0. The molecule has 6 nitrogen and oxygen atoms in total. The molecule has 21 heavy (non-hydrogen) atoms. The molecular formula is C15H17N5O. The third-order valence-electron chi connectivity index (χ3n) is 2.75. The molecule has 1 aromatic heterocycles. The van der Waals surface area contributed by atoms with E-state index in [1.165, 1.54) is 0 Å². The molecule has 108 valence electrons. The van der Waals surface area contributed by atoms with Crippen LogP contribution in [0, 0.1) is 11.3 Å². The van der Waals surface area contributed by atoms with Crippen molar-refractivity contribution in [2.45, 2.75) is 6.42 Å². The number of nitrogens with one attached hydrogen (secondary N) is 2. The Bertz CT molecular complexity index is 606. The Morgan fingerprint density at radius 3 is 2.76 bits per heavy atom. The number of anilines is 3. The zero-order valence-corrected chi connectivity index (χ0v) is 11.8. The SMILES string of the molecule is COCCCNc1nccc(Nc2ccc(C#N)cc2)n1. The number of hydrogen-bond acceptors (Lipinski definition) is 6. The van der Waals surface area contributed by atoms with E-state index in [1.807, 2.05) is 12.1 Å². The van der Waals surface area contributed by atoms with Crippen LogP contribution in [0.3, 0.4) is 0 Å². The van der Waals surface area contributed by atoms with E-state index in [1.54, 1.807) is 31.5 Å². The number of rotatable bonds is 7. The molecule has 0 fully saturated rings. The highest BCUT2D eigenvalue weighted by molar-refractivity contribution is 5.57. The van der Waals surface area contributed by atoms with Crippen LogP contribution in [0.4, 0.5) is 17.5 Å². The summed E-state index contributed by atoms with van der Waals surface area (Å²) in [6.07, 6.45) is 2.59. The van der Waals surface area contributed by atoms with Crippen LogP contribution in [0.2, 0.25) is 0 Å². The summed E-state index contributed by atoms with van der Waals surface area (Å²) in [5, 5.41) is 15.1. The molecule has 0 amide bonds. The van der Waals surface area contributed by atoms with Crippen molar-refractivity contribution in [1.29, 1.82) is 5.26 Å². The van der Waals surface area contributed by atoms with Gasteiger partial charge in [0.15, 0.2) is 0 Å². The minimum atomic E-state index is 0.574. The van der Waals surface area contributed by atoms with Gasteiger partial charge in [0, 0.05) is 32.1 Å². The van der Waals surface area contributed by atoms with E-state index in [9.17, 15) is 0 Å². The summed E-state index contributed by atoms with van der Waals surface area (Å²) in [5.41, 5.74) is 1.50. The largest absolute Gasteiger partial charge is 0.385 e. The van der Waals surface area contributed by atoms with Crippen molar-refractivity contribution in [2.75, 3.05) is 30.9 Å². The van der Waals surface area contributed by atoms with Crippen LogP contribution in [0.1, 0.15) is 12.0 Å². The monoisotopic (exact) mass is 283 g/mol. The smallest absolute Gasteiger partial charge is 0.224 e. The van der Waals surface area contributed by atoms with Gasteiger partial charge in [0.1, 0.15) is 5.82 Å². The van der Waals surface area contributed by atoms with Crippen molar-refractivity contribution in [2.24, 2.45) is 0 Å². The molecule has 0 saturated heterocycles. The number of aromatic nitrogens is 2. The number of hydrogen-bond donors (Lipinski definition) is 2. The maximum Gasteiger partial charge on any atom is 0.224 e. The molecule has 0 radical (unpaired) electrons. The van der Waals surface area contributed by atoms with Crippen molar-refractivity contribution in [1.82, 2.24) is 9.97 Å². The molecule has 0 atom stereocenters. The van der Waals surface area contributed by atoms with E-state index in [-0.39, 0.29) is 0 Å². The van der Waals surface area contributed by atoms with Gasteiger partial charge in [0.2, 0.25) is 5.95 Å². The fraction of sp³-hybridized carbons (Fsp3) is 0.267. The standard InChI is InChI=1S/C15H17N5O/c1-21-10-2-8-17-15-18-9-7-14(20-15)19-13-5-3-12(11-16)4-6-13/h3-7,9H,2,8,10H2,1H3,(H2,17,18,19,20). The molecule has 2 N–H and O–H groups in total. The fourth-order valence-electron chi connectivity index (χ4n) is 1.71. The van der Waals surface area contributed by atoms with Gasteiger partial charge in [-0.3, -0.25) is 0 Å². The lowest BCUT2D eigenvalue weighted by molar-refractivity contribution is 0.197. The van der Waals surface area contributed by atoms with Crippen molar-refractivity contribution in [3.8, 4) is 6.07 Å². The first-order chi connectivity index (χ1) is 10.3. The third-order valence-corrected chi connectivity index (χ3v) is 2.75. The van der Waals surface area contributed by atoms with Crippen molar-refractivity contribution in [3.63, 3.8) is 0 Å². The highest BCUT2D eigenvalue weighted by Crippen LogP contribution is 2.15. The summed E-state index contributed by atoms with van der Waals surface area (Å²) in [7, 11) is 1.68. The molecule has 0 unspecified atom stereocenters. The molecule has 0 saturated carbocycles. The van der Waals surface area contributed by atoms with E-state index < -0.39 is 0 Å². The first-order valence-corrected chi connectivity index (χ1v) is 6.65. The highest BCUT2D eigenvalue weighted by Gasteiger charge is 2.00. The maximum atomic E-state index is 8.77. The molecule has 0 bridgehead atoms. The predicted molar refractivity (Wildman–Crippen MR) is 81.5 cm³/mol. The molecule has 0 aliphatic heterocycles. The Morgan fingerprint density at radius 2 is 2.05 bits per heavy atom. The predicted octanol–water partition coefficient (Wildman–Crippen LogP) is 2.54. The Balaban J connectivity index is 1.95. The van der Waals surface area contributed by atoms with Gasteiger partial charge in [0.05, 0.1) is 11.6 Å².